The van der Waals surface area contributed by atoms with Gasteiger partial charge in [0, 0.05) is 30.2 Å². The first kappa shape index (κ1) is 18.9. The van der Waals surface area contributed by atoms with Crippen molar-refractivity contribution >= 4 is 28.6 Å². The summed E-state index contributed by atoms with van der Waals surface area (Å²) in [5.41, 5.74) is 2.83. The van der Waals surface area contributed by atoms with Gasteiger partial charge in [-0.1, -0.05) is 48.5 Å². The van der Waals surface area contributed by atoms with Crippen molar-refractivity contribution in [3.05, 3.63) is 66.4 Å². The first-order valence-corrected chi connectivity index (χ1v) is 11.1. The molecule has 1 N–H and O–H groups in total. The summed E-state index contributed by atoms with van der Waals surface area (Å²) >= 11 is 1.33. The number of para-hydroxylation sites is 1. The second-order valence-electron chi connectivity index (χ2n) is 7.42. The molecular formula is C23H22N4O2S. The third-order valence-electron chi connectivity index (χ3n) is 5.44. The van der Waals surface area contributed by atoms with E-state index in [0.717, 1.165) is 48.0 Å². The predicted molar refractivity (Wildman–Crippen MR) is 117 cm³/mol. The van der Waals surface area contributed by atoms with Gasteiger partial charge in [0.1, 0.15) is 5.25 Å². The number of H-pyrrole nitrogens is 1. The van der Waals surface area contributed by atoms with Crippen LogP contribution in [-0.4, -0.2) is 39.1 Å². The summed E-state index contributed by atoms with van der Waals surface area (Å²) in [7, 11) is 0. The Bertz CT molecular complexity index is 1150. The van der Waals surface area contributed by atoms with Crippen LogP contribution in [0.4, 0.5) is 0 Å². The average Bonchev–Trinajstić information content (AvgIpc) is 3.45. The Labute approximate surface area is 178 Å². The Morgan fingerprint density at radius 1 is 1.00 bits per heavy atom. The van der Waals surface area contributed by atoms with Crippen LogP contribution in [0.3, 0.4) is 0 Å². The van der Waals surface area contributed by atoms with Gasteiger partial charge in [-0.25, -0.2) is 0 Å². The summed E-state index contributed by atoms with van der Waals surface area (Å²) in [6.07, 6.45) is 5.18. The predicted octanol–water partition coefficient (Wildman–Crippen LogP) is 5.06. The van der Waals surface area contributed by atoms with Gasteiger partial charge in [0.2, 0.25) is 5.91 Å². The van der Waals surface area contributed by atoms with E-state index in [1.807, 2.05) is 65.7 Å². The molecule has 4 aromatic rings. The standard InChI is InChI=1S/C23H22N4O2S/c28-22(27-13-7-2-8-14-27)20(16-9-3-1-4-10-16)30-23-26-25-21(29-23)18-15-24-19-12-6-5-11-17(18)19/h1,3-6,9-12,15,20,24H,2,7-8,13-14H2/t20-/m0/s1. The first-order valence-electron chi connectivity index (χ1n) is 10.2. The summed E-state index contributed by atoms with van der Waals surface area (Å²) < 4.78 is 5.98. The number of thioether (sulfide) groups is 1. The molecule has 6 nitrogen and oxygen atoms in total. The highest BCUT2D eigenvalue weighted by atomic mass is 32.2. The molecule has 2 aromatic heterocycles. The van der Waals surface area contributed by atoms with Gasteiger partial charge >= 0.3 is 0 Å². The van der Waals surface area contributed by atoms with Crippen LogP contribution in [0.15, 0.2) is 70.4 Å². The largest absolute Gasteiger partial charge is 0.411 e. The molecule has 2 aromatic carbocycles. The molecule has 1 amide bonds. The summed E-state index contributed by atoms with van der Waals surface area (Å²) in [6.45, 7) is 1.63. The molecule has 0 unspecified atom stereocenters. The highest BCUT2D eigenvalue weighted by Gasteiger charge is 2.30. The normalized spacial score (nSPS) is 15.4. The molecule has 1 aliphatic heterocycles. The minimum absolute atomic E-state index is 0.109. The van der Waals surface area contributed by atoms with Crippen LogP contribution >= 0.6 is 11.8 Å². The Hall–Kier alpha value is -3.06. The lowest BCUT2D eigenvalue weighted by atomic mass is 10.1. The number of likely N-dealkylation sites (tertiary alicyclic amines) is 1. The lowest BCUT2D eigenvalue weighted by molar-refractivity contribution is -0.131. The molecule has 0 radical (unpaired) electrons. The van der Waals surface area contributed by atoms with E-state index in [0.29, 0.717) is 11.1 Å². The molecule has 1 aliphatic rings. The molecule has 5 rings (SSSR count). The van der Waals surface area contributed by atoms with Crippen LogP contribution in [0.2, 0.25) is 0 Å². The molecule has 0 aliphatic carbocycles. The van der Waals surface area contributed by atoms with Crippen molar-refractivity contribution in [2.75, 3.05) is 13.1 Å². The highest BCUT2D eigenvalue weighted by molar-refractivity contribution is 8.00. The lowest BCUT2D eigenvalue weighted by Gasteiger charge is -2.29. The molecule has 3 heterocycles. The Kier molecular flexibility index (Phi) is 5.27. The van der Waals surface area contributed by atoms with Crippen molar-refractivity contribution in [3.8, 4) is 11.5 Å². The zero-order valence-electron chi connectivity index (χ0n) is 16.5. The minimum Gasteiger partial charge on any atom is -0.411 e. The smallest absolute Gasteiger partial charge is 0.277 e. The fraction of sp³-hybridized carbons (Fsp3) is 0.261. The van der Waals surface area contributed by atoms with E-state index in [2.05, 4.69) is 15.2 Å². The second kappa shape index (κ2) is 8.36. The zero-order chi connectivity index (χ0) is 20.3. The van der Waals surface area contributed by atoms with Gasteiger partial charge in [0.25, 0.3) is 11.1 Å². The summed E-state index contributed by atoms with van der Waals surface area (Å²) in [6, 6.07) is 17.8. The molecule has 1 fully saturated rings. The third kappa shape index (κ3) is 3.73. The quantitative estimate of drug-likeness (QED) is 0.458. The van der Waals surface area contributed by atoms with E-state index in [-0.39, 0.29) is 5.91 Å². The minimum atomic E-state index is -0.402. The Morgan fingerprint density at radius 2 is 1.77 bits per heavy atom. The molecule has 152 valence electrons. The van der Waals surface area contributed by atoms with Gasteiger partial charge in [0.05, 0.1) is 5.56 Å². The molecule has 1 atom stereocenters. The molecule has 1 saturated heterocycles. The number of benzene rings is 2. The number of aromatic amines is 1. The van der Waals surface area contributed by atoms with Crippen molar-refractivity contribution < 1.29 is 9.21 Å². The van der Waals surface area contributed by atoms with E-state index >= 15 is 0 Å². The number of carbonyl (C=O) groups is 1. The number of nitrogens with one attached hydrogen (secondary N) is 1. The van der Waals surface area contributed by atoms with E-state index in [4.69, 9.17) is 4.42 Å². The number of rotatable bonds is 5. The zero-order valence-corrected chi connectivity index (χ0v) is 17.3. The molecule has 30 heavy (non-hydrogen) atoms. The summed E-state index contributed by atoms with van der Waals surface area (Å²) in [5.74, 6) is 0.560. The van der Waals surface area contributed by atoms with Crippen molar-refractivity contribution in [2.24, 2.45) is 0 Å². The fourth-order valence-corrected chi connectivity index (χ4v) is 4.84. The molecule has 0 saturated carbocycles. The van der Waals surface area contributed by atoms with Crippen LogP contribution in [0.5, 0.6) is 0 Å². The number of fused-ring (bicyclic) bond motifs is 1. The van der Waals surface area contributed by atoms with Crippen molar-refractivity contribution in [3.63, 3.8) is 0 Å². The number of carbonyl (C=O) groups excluding carboxylic acids is 1. The topological polar surface area (TPSA) is 75.0 Å². The maximum Gasteiger partial charge on any atom is 0.277 e. The van der Waals surface area contributed by atoms with Crippen molar-refractivity contribution in [1.82, 2.24) is 20.1 Å². The maximum atomic E-state index is 13.3. The first-order chi connectivity index (χ1) is 14.8. The average molecular weight is 419 g/mol. The number of hydrogen-bond acceptors (Lipinski definition) is 5. The molecule has 0 spiro atoms. The lowest BCUT2D eigenvalue weighted by Crippen LogP contribution is -2.38. The number of piperidine rings is 1. The monoisotopic (exact) mass is 418 g/mol. The second-order valence-corrected chi connectivity index (χ2v) is 8.47. The van der Waals surface area contributed by atoms with Gasteiger partial charge in [-0.15, -0.1) is 10.2 Å². The van der Waals surface area contributed by atoms with Crippen LogP contribution in [0.1, 0.15) is 30.1 Å². The van der Waals surface area contributed by atoms with Gasteiger partial charge in [0.15, 0.2) is 0 Å². The van der Waals surface area contributed by atoms with Gasteiger partial charge in [-0.05, 0) is 42.7 Å². The molecule has 7 heteroatoms. The van der Waals surface area contributed by atoms with Crippen molar-refractivity contribution in [2.45, 2.75) is 29.7 Å². The van der Waals surface area contributed by atoms with E-state index in [9.17, 15) is 4.79 Å². The Morgan fingerprint density at radius 3 is 2.60 bits per heavy atom. The van der Waals surface area contributed by atoms with Crippen LogP contribution in [0, 0.1) is 0 Å². The fourth-order valence-electron chi connectivity index (χ4n) is 3.88. The van der Waals surface area contributed by atoms with Crippen molar-refractivity contribution in [1.29, 1.82) is 0 Å². The van der Waals surface area contributed by atoms with E-state index in [1.165, 1.54) is 18.2 Å². The molecule has 0 bridgehead atoms. The molecular weight excluding hydrogens is 396 g/mol. The summed E-state index contributed by atoms with van der Waals surface area (Å²) in [4.78, 5) is 18.5. The van der Waals surface area contributed by atoms with E-state index in [1.54, 1.807) is 0 Å². The number of nitrogens with zero attached hydrogens (tertiary/aromatic N) is 3. The number of aromatic nitrogens is 3. The van der Waals surface area contributed by atoms with Crippen LogP contribution < -0.4 is 0 Å². The van der Waals surface area contributed by atoms with Gasteiger partial charge in [-0.2, -0.15) is 0 Å². The summed E-state index contributed by atoms with van der Waals surface area (Å²) in [5, 5.41) is 9.50. The van der Waals surface area contributed by atoms with Crippen LogP contribution in [0.25, 0.3) is 22.4 Å². The Balaban J connectivity index is 1.43. The number of hydrogen-bond donors (Lipinski definition) is 1. The highest BCUT2D eigenvalue weighted by Crippen LogP contribution is 2.38. The number of amides is 1. The van der Waals surface area contributed by atoms with Crippen LogP contribution in [-0.2, 0) is 4.79 Å². The van der Waals surface area contributed by atoms with E-state index < -0.39 is 5.25 Å². The van der Waals surface area contributed by atoms with Gasteiger partial charge in [-0.3, -0.25) is 4.79 Å². The van der Waals surface area contributed by atoms with Gasteiger partial charge < -0.3 is 14.3 Å². The third-order valence-corrected chi connectivity index (χ3v) is 6.52. The SMILES string of the molecule is O=C([C@@H](Sc1nnc(-c2c[nH]c3ccccc23)o1)c1ccccc1)N1CCCCC1. The maximum absolute atomic E-state index is 13.3.